The number of nitrogens with one attached hydrogen (secondary N) is 2. The molecule has 0 saturated carbocycles. The number of nitrogens with zero attached hydrogens (tertiary/aromatic N) is 3. The van der Waals surface area contributed by atoms with Gasteiger partial charge in [-0.2, -0.15) is 4.98 Å². The van der Waals surface area contributed by atoms with Crippen molar-refractivity contribution >= 4 is 46.3 Å². The lowest BCUT2D eigenvalue weighted by Gasteiger charge is -2.31. The Morgan fingerprint density at radius 1 is 1.17 bits per heavy atom. The molecule has 1 aromatic carbocycles. The van der Waals surface area contributed by atoms with Gasteiger partial charge >= 0.3 is 0 Å². The molecule has 0 spiro atoms. The number of carbonyl (C=O) groups is 1. The van der Waals surface area contributed by atoms with Gasteiger partial charge < -0.3 is 15.5 Å². The smallest absolute Gasteiger partial charge is 0.227 e. The van der Waals surface area contributed by atoms with Crippen LogP contribution in [0, 0.1) is 5.92 Å². The van der Waals surface area contributed by atoms with Gasteiger partial charge in [-0.05, 0) is 42.5 Å². The Hall–Kier alpha value is -2.64. The molecule has 29 heavy (non-hydrogen) atoms. The van der Waals surface area contributed by atoms with Crippen LogP contribution in [0.25, 0.3) is 0 Å². The van der Waals surface area contributed by atoms with Crippen LogP contribution in [-0.2, 0) is 11.3 Å². The van der Waals surface area contributed by atoms with Gasteiger partial charge in [0.2, 0.25) is 11.9 Å². The second kappa shape index (κ2) is 9.24. The maximum atomic E-state index is 12.4. The number of aromatic nitrogens is 2. The molecule has 0 atom stereocenters. The van der Waals surface area contributed by atoms with E-state index in [0.717, 1.165) is 31.6 Å². The molecule has 8 heteroatoms. The van der Waals surface area contributed by atoms with Crippen molar-refractivity contribution in [3.63, 3.8) is 0 Å². The van der Waals surface area contributed by atoms with E-state index in [0.29, 0.717) is 23.3 Å². The molecule has 1 saturated heterocycles. The van der Waals surface area contributed by atoms with E-state index < -0.39 is 0 Å². The Balaban J connectivity index is 1.32. The van der Waals surface area contributed by atoms with Crippen LogP contribution in [-0.4, -0.2) is 29.0 Å². The molecule has 2 N–H and O–H groups in total. The molecule has 3 aromatic rings. The Morgan fingerprint density at radius 2 is 2.00 bits per heavy atom. The molecule has 1 amide bonds. The maximum absolute atomic E-state index is 12.4. The summed E-state index contributed by atoms with van der Waals surface area (Å²) in [6.07, 6.45) is 3.32. The Labute approximate surface area is 178 Å². The minimum absolute atomic E-state index is 0.0376. The lowest BCUT2D eigenvalue weighted by atomic mass is 9.96. The maximum Gasteiger partial charge on any atom is 0.227 e. The zero-order valence-corrected chi connectivity index (χ0v) is 17.4. The fourth-order valence-electron chi connectivity index (χ4n) is 3.34. The molecule has 3 heterocycles. The molecule has 1 aliphatic rings. The van der Waals surface area contributed by atoms with Crippen molar-refractivity contribution in [2.24, 2.45) is 5.92 Å². The van der Waals surface area contributed by atoms with Gasteiger partial charge in [0.25, 0.3) is 0 Å². The first kappa shape index (κ1) is 19.7. The highest BCUT2D eigenvalue weighted by Crippen LogP contribution is 2.26. The number of para-hydroxylation sites is 1. The van der Waals surface area contributed by atoms with Gasteiger partial charge in [0.15, 0.2) is 0 Å². The summed E-state index contributed by atoms with van der Waals surface area (Å²) in [4.78, 5) is 24.8. The van der Waals surface area contributed by atoms with Crippen molar-refractivity contribution in [1.82, 2.24) is 15.3 Å². The third kappa shape index (κ3) is 5.05. The number of hydrogen-bond acceptors (Lipinski definition) is 6. The van der Waals surface area contributed by atoms with E-state index in [4.69, 9.17) is 11.6 Å². The molecule has 1 fully saturated rings. The van der Waals surface area contributed by atoms with Crippen molar-refractivity contribution in [2.75, 3.05) is 23.3 Å². The highest BCUT2D eigenvalue weighted by Gasteiger charge is 2.26. The second-order valence-corrected chi connectivity index (χ2v) is 8.34. The fourth-order valence-corrected chi connectivity index (χ4v) is 4.17. The van der Waals surface area contributed by atoms with Gasteiger partial charge in [-0.1, -0.05) is 29.8 Å². The predicted molar refractivity (Wildman–Crippen MR) is 118 cm³/mol. The molecule has 0 bridgehead atoms. The predicted octanol–water partition coefficient (Wildman–Crippen LogP) is 4.47. The normalized spacial score (nSPS) is 14.6. The summed E-state index contributed by atoms with van der Waals surface area (Å²) in [5.41, 5.74) is 0.805. The van der Waals surface area contributed by atoms with E-state index in [-0.39, 0.29) is 11.8 Å². The minimum Gasteiger partial charge on any atom is -0.351 e. The summed E-state index contributed by atoms with van der Waals surface area (Å²) in [5.74, 6) is 1.53. The lowest BCUT2D eigenvalue weighted by Crippen LogP contribution is -2.41. The van der Waals surface area contributed by atoms with Crippen molar-refractivity contribution in [2.45, 2.75) is 19.4 Å². The van der Waals surface area contributed by atoms with Crippen molar-refractivity contribution < 1.29 is 4.79 Å². The van der Waals surface area contributed by atoms with Gasteiger partial charge in [-0.15, -0.1) is 11.3 Å². The van der Waals surface area contributed by atoms with Gasteiger partial charge in [0.05, 0.1) is 17.3 Å². The van der Waals surface area contributed by atoms with Gasteiger partial charge in [0, 0.05) is 30.1 Å². The number of amides is 1. The van der Waals surface area contributed by atoms with E-state index >= 15 is 0 Å². The van der Waals surface area contributed by atoms with E-state index in [2.05, 4.69) is 25.5 Å². The van der Waals surface area contributed by atoms with Crippen molar-refractivity contribution in [1.29, 1.82) is 0 Å². The van der Waals surface area contributed by atoms with Crippen LogP contribution < -0.4 is 15.5 Å². The zero-order chi connectivity index (χ0) is 20.1. The van der Waals surface area contributed by atoms with Crippen LogP contribution in [0.3, 0.4) is 0 Å². The number of thiophene rings is 1. The van der Waals surface area contributed by atoms with Crippen LogP contribution in [0.2, 0.25) is 5.02 Å². The van der Waals surface area contributed by atoms with E-state index in [1.807, 2.05) is 47.8 Å². The first-order chi connectivity index (χ1) is 14.2. The number of piperidine rings is 1. The summed E-state index contributed by atoms with van der Waals surface area (Å²) in [6, 6.07) is 13.4. The van der Waals surface area contributed by atoms with E-state index in [1.54, 1.807) is 17.5 Å². The number of hydrogen-bond donors (Lipinski definition) is 2. The van der Waals surface area contributed by atoms with Crippen LogP contribution in [0.5, 0.6) is 0 Å². The molecule has 4 rings (SSSR count). The summed E-state index contributed by atoms with van der Waals surface area (Å²) < 4.78 is 0. The van der Waals surface area contributed by atoms with Gasteiger partial charge in [-0.3, -0.25) is 4.79 Å². The van der Waals surface area contributed by atoms with Crippen molar-refractivity contribution in [3.05, 3.63) is 63.9 Å². The van der Waals surface area contributed by atoms with E-state index in [1.165, 1.54) is 4.88 Å². The number of benzene rings is 1. The SMILES string of the molecule is O=C(NCc1cccs1)C1CCN(c2nccc(Nc3ccccc3Cl)n2)CC1. The largest absolute Gasteiger partial charge is 0.351 e. The van der Waals surface area contributed by atoms with Crippen LogP contribution in [0.4, 0.5) is 17.5 Å². The highest BCUT2D eigenvalue weighted by atomic mass is 35.5. The third-order valence-electron chi connectivity index (χ3n) is 4.94. The van der Waals surface area contributed by atoms with Crippen LogP contribution in [0.15, 0.2) is 54.0 Å². The third-order valence-corrected chi connectivity index (χ3v) is 6.15. The highest BCUT2D eigenvalue weighted by molar-refractivity contribution is 7.09. The zero-order valence-electron chi connectivity index (χ0n) is 15.8. The molecule has 6 nitrogen and oxygen atoms in total. The molecule has 0 aliphatic carbocycles. The van der Waals surface area contributed by atoms with Gasteiger partial charge in [0.1, 0.15) is 5.82 Å². The first-order valence-electron chi connectivity index (χ1n) is 9.58. The lowest BCUT2D eigenvalue weighted by molar-refractivity contribution is -0.125. The molecule has 0 radical (unpaired) electrons. The Bertz CT molecular complexity index is 957. The molecule has 150 valence electrons. The monoisotopic (exact) mass is 427 g/mol. The average molecular weight is 428 g/mol. The summed E-state index contributed by atoms with van der Waals surface area (Å²) in [5, 5.41) is 8.95. The minimum atomic E-state index is 0.0376. The fraction of sp³-hybridized carbons (Fsp3) is 0.286. The summed E-state index contributed by atoms with van der Waals surface area (Å²) >= 11 is 7.87. The van der Waals surface area contributed by atoms with Gasteiger partial charge in [-0.25, -0.2) is 4.98 Å². The standard InChI is InChI=1S/C21H22ClN5OS/c22-17-5-1-2-6-18(17)25-19-7-10-23-21(26-19)27-11-8-15(9-12-27)20(28)24-14-16-4-3-13-29-16/h1-7,10,13,15H,8-9,11-12,14H2,(H,24,28)(H,23,25,26). The van der Waals surface area contributed by atoms with E-state index in [9.17, 15) is 4.79 Å². The Morgan fingerprint density at radius 3 is 2.76 bits per heavy atom. The number of anilines is 3. The average Bonchev–Trinajstić information content (AvgIpc) is 3.28. The molecule has 1 aliphatic heterocycles. The summed E-state index contributed by atoms with van der Waals surface area (Å²) in [6.45, 7) is 2.12. The van der Waals surface area contributed by atoms with Crippen molar-refractivity contribution in [3.8, 4) is 0 Å². The van der Waals surface area contributed by atoms with Crippen LogP contribution >= 0.6 is 22.9 Å². The van der Waals surface area contributed by atoms with Crippen LogP contribution in [0.1, 0.15) is 17.7 Å². The quantitative estimate of drug-likeness (QED) is 0.607. The summed E-state index contributed by atoms with van der Waals surface area (Å²) in [7, 11) is 0. The number of halogens is 1. The number of carbonyl (C=O) groups excluding carboxylic acids is 1. The first-order valence-corrected chi connectivity index (χ1v) is 10.8. The molecular weight excluding hydrogens is 406 g/mol. The Kier molecular flexibility index (Phi) is 6.27. The molecular formula is C21H22ClN5OS. The molecule has 2 aromatic heterocycles. The second-order valence-electron chi connectivity index (χ2n) is 6.91. The topological polar surface area (TPSA) is 70.2 Å². The molecule has 0 unspecified atom stereocenters. The number of rotatable bonds is 6.